The second-order valence-corrected chi connectivity index (χ2v) is 7.52. The average molecular weight is 392 g/mol. The fourth-order valence-electron chi connectivity index (χ4n) is 2.68. The predicted octanol–water partition coefficient (Wildman–Crippen LogP) is 2.49. The molecule has 0 radical (unpaired) electrons. The maximum Gasteiger partial charge on any atom is 0.255 e. The number of para-hydroxylation sites is 1. The van der Waals surface area contributed by atoms with Gasteiger partial charge in [0.1, 0.15) is 11.5 Å². The van der Waals surface area contributed by atoms with E-state index in [0.717, 1.165) is 0 Å². The Morgan fingerprint density at radius 1 is 1.07 bits per heavy atom. The van der Waals surface area contributed by atoms with Crippen LogP contribution in [0.25, 0.3) is 0 Å². The zero-order valence-corrected chi connectivity index (χ0v) is 16.6. The first kappa shape index (κ1) is 20.7. The number of carbonyl (C=O) groups excluding carboxylic acids is 1. The van der Waals surface area contributed by atoms with Crippen LogP contribution in [0.1, 0.15) is 35.8 Å². The van der Waals surface area contributed by atoms with Gasteiger partial charge in [0.2, 0.25) is 10.0 Å². The monoisotopic (exact) mass is 392 g/mol. The molecule has 0 aliphatic heterocycles. The molecule has 0 spiro atoms. The summed E-state index contributed by atoms with van der Waals surface area (Å²) in [5.41, 5.74) is 0.869. The number of amides is 1. The van der Waals surface area contributed by atoms with E-state index in [2.05, 4.69) is 10.0 Å². The number of nitrogens with one attached hydrogen (secondary N) is 2. The Morgan fingerprint density at radius 3 is 2.37 bits per heavy atom. The van der Waals surface area contributed by atoms with Gasteiger partial charge >= 0.3 is 0 Å². The van der Waals surface area contributed by atoms with Gasteiger partial charge in [-0.3, -0.25) is 4.79 Å². The molecule has 0 aromatic heterocycles. The van der Waals surface area contributed by atoms with Gasteiger partial charge in [0, 0.05) is 18.2 Å². The predicted molar refractivity (Wildman–Crippen MR) is 103 cm³/mol. The Kier molecular flexibility index (Phi) is 6.81. The van der Waals surface area contributed by atoms with E-state index < -0.39 is 22.0 Å². The molecule has 2 rings (SSSR count). The molecule has 146 valence electrons. The molecule has 27 heavy (non-hydrogen) atoms. The van der Waals surface area contributed by atoms with Crippen LogP contribution in [0.15, 0.2) is 47.4 Å². The highest BCUT2D eigenvalue weighted by Gasteiger charge is 2.23. The van der Waals surface area contributed by atoms with E-state index in [0.29, 0.717) is 23.6 Å². The summed E-state index contributed by atoms with van der Waals surface area (Å²) in [5.74, 6) is 0.493. The molecule has 0 aliphatic carbocycles. The highest BCUT2D eigenvalue weighted by molar-refractivity contribution is 7.89. The summed E-state index contributed by atoms with van der Waals surface area (Å²) < 4.78 is 38.7. The van der Waals surface area contributed by atoms with Crippen LogP contribution in [0.3, 0.4) is 0 Å². The van der Waals surface area contributed by atoms with Crippen molar-refractivity contribution in [3.8, 4) is 11.5 Å². The van der Waals surface area contributed by atoms with Crippen molar-refractivity contribution in [2.75, 3.05) is 20.8 Å². The fraction of sp³-hybridized carbons (Fsp3) is 0.316. The minimum atomic E-state index is -3.87. The van der Waals surface area contributed by atoms with Crippen LogP contribution in [0, 0.1) is 0 Å². The van der Waals surface area contributed by atoms with Crippen molar-refractivity contribution in [3.63, 3.8) is 0 Å². The average Bonchev–Trinajstić information content (AvgIpc) is 2.67. The molecule has 0 aliphatic rings. The molecule has 0 saturated heterocycles. The van der Waals surface area contributed by atoms with Gasteiger partial charge in [-0.2, -0.15) is 0 Å². The molecule has 2 N–H and O–H groups in total. The second kappa shape index (κ2) is 8.88. The van der Waals surface area contributed by atoms with E-state index in [1.165, 1.54) is 32.4 Å². The molecule has 7 nitrogen and oxygen atoms in total. The van der Waals surface area contributed by atoms with E-state index in [-0.39, 0.29) is 10.5 Å². The first-order valence-electron chi connectivity index (χ1n) is 8.45. The topological polar surface area (TPSA) is 93.7 Å². The summed E-state index contributed by atoms with van der Waals surface area (Å²) in [5, 5.41) is 2.65. The van der Waals surface area contributed by atoms with Gasteiger partial charge < -0.3 is 14.8 Å². The van der Waals surface area contributed by atoms with Gasteiger partial charge in [0.05, 0.1) is 24.7 Å². The van der Waals surface area contributed by atoms with Crippen LogP contribution in [0.4, 0.5) is 0 Å². The third-order valence-corrected chi connectivity index (χ3v) is 5.54. The van der Waals surface area contributed by atoms with Gasteiger partial charge in [-0.25, -0.2) is 13.1 Å². The maximum atomic E-state index is 12.8. The van der Waals surface area contributed by atoms with E-state index in [1.54, 1.807) is 26.0 Å². The van der Waals surface area contributed by atoms with Crippen molar-refractivity contribution in [2.24, 2.45) is 0 Å². The molecular formula is C19H24N2O5S. The maximum absolute atomic E-state index is 12.8. The first-order chi connectivity index (χ1) is 12.8. The molecule has 2 aromatic carbocycles. The number of hydrogen-bond donors (Lipinski definition) is 2. The number of ether oxygens (including phenoxy) is 2. The van der Waals surface area contributed by atoms with E-state index >= 15 is 0 Å². The molecule has 1 atom stereocenters. The molecular weight excluding hydrogens is 368 g/mol. The molecule has 8 heteroatoms. The summed E-state index contributed by atoms with van der Waals surface area (Å²) in [6, 6.07) is 10.8. The summed E-state index contributed by atoms with van der Waals surface area (Å²) in [6.07, 6.45) is 0. The molecule has 0 fully saturated rings. The number of carbonyl (C=O) groups is 1. The molecule has 0 unspecified atom stereocenters. The van der Waals surface area contributed by atoms with Crippen LogP contribution < -0.4 is 19.5 Å². The molecule has 0 bridgehead atoms. The second-order valence-electron chi connectivity index (χ2n) is 5.81. The molecule has 0 heterocycles. The number of sulfonamides is 1. The minimum absolute atomic E-state index is 0.0219. The van der Waals surface area contributed by atoms with Gasteiger partial charge in [-0.15, -0.1) is 0 Å². The normalized spacial score (nSPS) is 12.3. The number of rotatable bonds is 8. The lowest BCUT2D eigenvalue weighted by Gasteiger charge is -2.18. The van der Waals surface area contributed by atoms with Gasteiger partial charge in [-0.05, 0) is 38.1 Å². The van der Waals surface area contributed by atoms with Gasteiger partial charge in [0.15, 0.2) is 0 Å². The largest absolute Gasteiger partial charge is 0.496 e. The van der Waals surface area contributed by atoms with Crippen molar-refractivity contribution in [2.45, 2.75) is 24.8 Å². The van der Waals surface area contributed by atoms with E-state index in [9.17, 15) is 13.2 Å². The van der Waals surface area contributed by atoms with Crippen molar-refractivity contribution in [1.82, 2.24) is 10.0 Å². The number of benzene rings is 2. The summed E-state index contributed by atoms with van der Waals surface area (Å²) in [7, 11) is -0.915. The Balaban J connectivity index is 2.36. The van der Waals surface area contributed by atoms with Crippen LogP contribution in [0.5, 0.6) is 11.5 Å². The third-order valence-electron chi connectivity index (χ3n) is 4.00. The van der Waals surface area contributed by atoms with Crippen LogP contribution in [0.2, 0.25) is 0 Å². The lowest BCUT2D eigenvalue weighted by molar-refractivity contribution is 0.0952. The zero-order chi connectivity index (χ0) is 20.0. The number of methoxy groups -OCH3 is 2. The van der Waals surface area contributed by atoms with Crippen molar-refractivity contribution in [3.05, 3.63) is 53.6 Å². The van der Waals surface area contributed by atoms with Gasteiger partial charge in [-0.1, -0.05) is 18.2 Å². The minimum Gasteiger partial charge on any atom is -0.496 e. The SMILES string of the molecule is CCNC(=O)c1cc(S(=O)(=O)N[C@H](C)c2ccccc2OC)ccc1OC. The lowest BCUT2D eigenvalue weighted by atomic mass is 10.1. The highest BCUT2D eigenvalue weighted by Crippen LogP contribution is 2.27. The summed E-state index contributed by atoms with van der Waals surface area (Å²) in [4.78, 5) is 12.2. The van der Waals surface area contributed by atoms with Crippen LogP contribution >= 0.6 is 0 Å². The Bertz CT molecular complexity index is 912. The van der Waals surface area contributed by atoms with Crippen molar-refractivity contribution >= 4 is 15.9 Å². The van der Waals surface area contributed by atoms with Crippen LogP contribution in [-0.2, 0) is 10.0 Å². The standard InChI is InChI=1S/C19H24N2O5S/c1-5-20-19(22)16-12-14(10-11-18(16)26-4)27(23,24)21-13(2)15-8-6-7-9-17(15)25-3/h6-13,21H,5H2,1-4H3,(H,20,22)/t13-/m1/s1. The zero-order valence-electron chi connectivity index (χ0n) is 15.8. The third kappa shape index (κ3) is 4.78. The van der Waals surface area contributed by atoms with Crippen LogP contribution in [-0.4, -0.2) is 35.1 Å². The Labute approximate surface area is 159 Å². The quantitative estimate of drug-likeness (QED) is 0.720. The fourth-order valence-corrected chi connectivity index (χ4v) is 3.92. The first-order valence-corrected chi connectivity index (χ1v) is 9.93. The van der Waals surface area contributed by atoms with Gasteiger partial charge in [0.25, 0.3) is 5.91 Å². The smallest absolute Gasteiger partial charge is 0.255 e. The lowest BCUT2D eigenvalue weighted by Crippen LogP contribution is -2.28. The highest BCUT2D eigenvalue weighted by atomic mass is 32.2. The van der Waals surface area contributed by atoms with Crippen molar-refractivity contribution < 1.29 is 22.7 Å². The summed E-state index contributed by atoms with van der Waals surface area (Å²) >= 11 is 0. The Hall–Kier alpha value is -2.58. The molecule has 1 amide bonds. The molecule has 0 saturated carbocycles. The number of hydrogen-bond acceptors (Lipinski definition) is 5. The molecule has 2 aromatic rings. The summed E-state index contributed by atoms with van der Waals surface area (Å²) in [6.45, 7) is 3.92. The van der Waals surface area contributed by atoms with E-state index in [4.69, 9.17) is 9.47 Å². The Morgan fingerprint density at radius 2 is 1.74 bits per heavy atom. The van der Waals surface area contributed by atoms with Crippen molar-refractivity contribution in [1.29, 1.82) is 0 Å². The van der Waals surface area contributed by atoms with E-state index in [1.807, 2.05) is 12.1 Å².